The molecule has 1 saturated heterocycles. The Hall–Kier alpha value is -0.920. The van der Waals surface area contributed by atoms with E-state index >= 15 is 0 Å². The van der Waals surface area contributed by atoms with Crippen molar-refractivity contribution in [2.45, 2.75) is 30.0 Å². The van der Waals surface area contributed by atoms with Gasteiger partial charge >= 0.3 is 5.69 Å². The van der Waals surface area contributed by atoms with Crippen molar-refractivity contribution in [1.29, 1.82) is 0 Å². The maximum atomic E-state index is 13.4. The first-order valence-electron chi connectivity index (χ1n) is 5.19. The van der Waals surface area contributed by atoms with Gasteiger partial charge in [0.1, 0.15) is 23.5 Å². The molecule has 1 fully saturated rings. The van der Waals surface area contributed by atoms with Crippen LogP contribution >= 0.6 is 11.8 Å². The van der Waals surface area contributed by atoms with E-state index in [0.29, 0.717) is 5.03 Å². The molecule has 0 aromatic carbocycles. The molecule has 1 aliphatic heterocycles. The molecule has 2 rings (SSSR count). The van der Waals surface area contributed by atoms with Crippen molar-refractivity contribution >= 4 is 11.8 Å². The Morgan fingerprint density at radius 1 is 1.76 bits per heavy atom. The fraction of sp³-hybridized carbons (Fsp3) is 0.600. The van der Waals surface area contributed by atoms with E-state index in [1.807, 2.05) is 6.26 Å². The molecule has 0 spiro atoms. The second-order valence-corrected chi connectivity index (χ2v) is 4.55. The minimum Gasteiger partial charge on any atom is -0.394 e. The molecule has 0 unspecified atom stereocenters. The van der Waals surface area contributed by atoms with Crippen molar-refractivity contribution in [3.63, 3.8) is 0 Å². The highest BCUT2D eigenvalue weighted by Crippen LogP contribution is 2.29. The van der Waals surface area contributed by atoms with Crippen molar-refractivity contribution in [3.8, 4) is 0 Å². The first-order chi connectivity index (χ1) is 8.15. The molecule has 1 N–H and O–H groups in total. The number of hydrogen-bond acceptors (Lipinski definition) is 5. The van der Waals surface area contributed by atoms with Gasteiger partial charge in [0.15, 0.2) is 0 Å². The van der Waals surface area contributed by atoms with E-state index < -0.39 is 24.2 Å². The highest BCUT2D eigenvalue weighted by Gasteiger charge is 2.36. The molecule has 94 valence electrons. The first-order valence-corrected chi connectivity index (χ1v) is 6.41. The first kappa shape index (κ1) is 12.5. The number of hydrogen-bond donors (Lipinski definition) is 1. The van der Waals surface area contributed by atoms with Crippen molar-refractivity contribution < 1.29 is 14.2 Å². The molecule has 3 atom stereocenters. The third kappa shape index (κ3) is 2.51. The summed E-state index contributed by atoms with van der Waals surface area (Å²) >= 11 is 1.36. The van der Waals surface area contributed by atoms with Gasteiger partial charge < -0.3 is 9.84 Å². The quantitative estimate of drug-likeness (QED) is 0.636. The summed E-state index contributed by atoms with van der Waals surface area (Å²) in [6, 6.07) is 1.68. The topological polar surface area (TPSA) is 64.3 Å². The van der Waals surface area contributed by atoms with Gasteiger partial charge in [-0.2, -0.15) is 4.98 Å². The van der Waals surface area contributed by atoms with Crippen LogP contribution < -0.4 is 5.69 Å². The van der Waals surface area contributed by atoms with Crippen molar-refractivity contribution in [2.75, 3.05) is 12.9 Å². The van der Waals surface area contributed by atoms with E-state index in [-0.39, 0.29) is 13.0 Å². The summed E-state index contributed by atoms with van der Waals surface area (Å²) in [6.07, 6.45) is 0.628. The Morgan fingerprint density at radius 3 is 3.06 bits per heavy atom. The van der Waals surface area contributed by atoms with Crippen LogP contribution in [0.5, 0.6) is 0 Å². The highest BCUT2D eigenvalue weighted by atomic mass is 32.2. The zero-order valence-electron chi connectivity index (χ0n) is 9.25. The average molecular weight is 260 g/mol. The number of halogens is 1. The lowest BCUT2D eigenvalue weighted by molar-refractivity contribution is -0.0356. The van der Waals surface area contributed by atoms with Crippen LogP contribution in [0.4, 0.5) is 4.39 Å². The smallest absolute Gasteiger partial charge is 0.350 e. The van der Waals surface area contributed by atoms with E-state index in [0.717, 1.165) is 0 Å². The largest absolute Gasteiger partial charge is 0.394 e. The molecule has 0 radical (unpaired) electrons. The lowest BCUT2D eigenvalue weighted by atomic mass is 10.2. The summed E-state index contributed by atoms with van der Waals surface area (Å²) in [5.74, 6) is 0. The number of rotatable bonds is 3. The van der Waals surface area contributed by atoms with Crippen LogP contribution in [0.3, 0.4) is 0 Å². The van der Waals surface area contributed by atoms with Gasteiger partial charge in [0.25, 0.3) is 0 Å². The molecule has 5 nitrogen and oxygen atoms in total. The molecule has 7 heteroatoms. The average Bonchev–Trinajstić information content (AvgIpc) is 2.70. The van der Waals surface area contributed by atoms with Gasteiger partial charge in [-0.3, -0.25) is 4.57 Å². The summed E-state index contributed by atoms with van der Waals surface area (Å²) in [5.41, 5.74) is -0.465. The molecule has 0 saturated carbocycles. The summed E-state index contributed by atoms with van der Waals surface area (Å²) in [7, 11) is 0. The monoisotopic (exact) mass is 260 g/mol. The predicted molar refractivity (Wildman–Crippen MR) is 60.8 cm³/mol. The second kappa shape index (κ2) is 5.16. The number of aliphatic hydroxyl groups is 1. The van der Waals surface area contributed by atoms with Gasteiger partial charge in [0.05, 0.1) is 6.61 Å². The number of ether oxygens (including phenoxy) is 1. The Bertz CT molecular complexity index is 453. The number of aromatic nitrogens is 2. The maximum absolute atomic E-state index is 13.4. The van der Waals surface area contributed by atoms with Crippen LogP contribution in [0.25, 0.3) is 0 Å². The molecular formula is C10H13FN2O3S. The van der Waals surface area contributed by atoms with E-state index in [1.165, 1.54) is 22.5 Å². The third-order valence-electron chi connectivity index (χ3n) is 2.67. The van der Waals surface area contributed by atoms with Gasteiger partial charge in [-0.25, -0.2) is 9.18 Å². The maximum Gasteiger partial charge on any atom is 0.350 e. The molecule has 0 bridgehead atoms. The van der Waals surface area contributed by atoms with E-state index in [2.05, 4.69) is 4.98 Å². The van der Waals surface area contributed by atoms with Crippen LogP contribution in [-0.4, -0.2) is 39.8 Å². The van der Waals surface area contributed by atoms with Crippen molar-refractivity contribution in [1.82, 2.24) is 9.55 Å². The molecular weight excluding hydrogens is 247 g/mol. The summed E-state index contributed by atoms with van der Waals surface area (Å²) < 4.78 is 19.9. The molecule has 17 heavy (non-hydrogen) atoms. The van der Waals surface area contributed by atoms with Crippen molar-refractivity contribution in [3.05, 3.63) is 22.7 Å². The molecule has 1 aliphatic rings. The Kier molecular flexibility index (Phi) is 3.80. The van der Waals surface area contributed by atoms with Gasteiger partial charge in [-0.05, 0) is 12.3 Å². The zero-order chi connectivity index (χ0) is 12.4. The SMILES string of the molecule is CSc1ccn([C@H]2C[C@H](F)[C@@H](CO)O2)c(=O)n1. The van der Waals surface area contributed by atoms with Crippen LogP contribution in [-0.2, 0) is 4.74 Å². The van der Waals surface area contributed by atoms with Crippen LogP contribution in [0, 0.1) is 0 Å². The van der Waals surface area contributed by atoms with Crippen LogP contribution in [0.15, 0.2) is 22.1 Å². The molecule has 1 aromatic rings. The van der Waals surface area contributed by atoms with Gasteiger partial charge in [-0.1, -0.05) is 0 Å². The fourth-order valence-electron chi connectivity index (χ4n) is 1.75. The van der Waals surface area contributed by atoms with E-state index in [9.17, 15) is 9.18 Å². The minimum atomic E-state index is -1.25. The van der Waals surface area contributed by atoms with Gasteiger partial charge in [0.2, 0.25) is 0 Å². The zero-order valence-corrected chi connectivity index (χ0v) is 10.1. The van der Waals surface area contributed by atoms with Crippen LogP contribution in [0.2, 0.25) is 0 Å². The number of aliphatic hydroxyl groups excluding tert-OH is 1. The molecule has 0 aliphatic carbocycles. The second-order valence-electron chi connectivity index (χ2n) is 3.72. The Balaban J connectivity index is 2.22. The Labute approximate surface area is 102 Å². The van der Waals surface area contributed by atoms with E-state index in [4.69, 9.17) is 9.84 Å². The number of nitrogens with zero attached hydrogens (tertiary/aromatic N) is 2. The van der Waals surface area contributed by atoms with Crippen molar-refractivity contribution in [2.24, 2.45) is 0 Å². The molecule has 1 aromatic heterocycles. The van der Waals surface area contributed by atoms with Gasteiger partial charge in [0, 0.05) is 12.6 Å². The summed E-state index contributed by atoms with van der Waals surface area (Å²) in [5, 5.41) is 9.49. The normalized spacial score (nSPS) is 28.5. The third-order valence-corrected chi connectivity index (χ3v) is 3.31. The number of alkyl halides is 1. The Morgan fingerprint density at radius 2 is 2.53 bits per heavy atom. The van der Waals surface area contributed by atoms with E-state index in [1.54, 1.807) is 6.07 Å². The molecule has 2 heterocycles. The lowest BCUT2D eigenvalue weighted by Crippen LogP contribution is -2.27. The predicted octanol–water partition coefficient (Wildman–Crippen LogP) is 0.583. The summed E-state index contributed by atoms with van der Waals surface area (Å²) in [6.45, 7) is -0.386. The summed E-state index contributed by atoms with van der Waals surface area (Å²) in [4.78, 5) is 15.5. The standard InChI is InChI=1S/C10H13FN2O3S/c1-17-8-2-3-13(10(15)12-8)9-4-6(11)7(5-14)16-9/h2-3,6-7,9,14H,4-5H2,1H3/t6-,7+,9+/m0/s1. The lowest BCUT2D eigenvalue weighted by Gasteiger charge is -2.13. The van der Waals surface area contributed by atoms with Gasteiger partial charge in [-0.15, -0.1) is 11.8 Å². The number of thioether (sulfide) groups is 1. The minimum absolute atomic E-state index is 0.0609. The highest BCUT2D eigenvalue weighted by molar-refractivity contribution is 7.98. The fourth-order valence-corrected chi connectivity index (χ4v) is 2.12. The molecule has 0 amide bonds. The van der Waals surface area contributed by atoms with Crippen LogP contribution in [0.1, 0.15) is 12.6 Å².